The van der Waals surface area contributed by atoms with Crippen LogP contribution in [0.4, 0.5) is 8.78 Å². The van der Waals surface area contributed by atoms with E-state index in [1.165, 1.54) is 11.6 Å². The summed E-state index contributed by atoms with van der Waals surface area (Å²) in [6.45, 7) is 0.679. The Bertz CT molecular complexity index is 584. The van der Waals surface area contributed by atoms with Crippen molar-refractivity contribution in [2.24, 2.45) is 0 Å². The van der Waals surface area contributed by atoms with Gasteiger partial charge < -0.3 is 4.74 Å². The summed E-state index contributed by atoms with van der Waals surface area (Å²) in [6, 6.07) is 11.8. The van der Waals surface area contributed by atoms with Gasteiger partial charge in [0.1, 0.15) is 0 Å². The molecule has 1 unspecified atom stereocenters. The Hall–Kier alpha value is -1.45. The van der Waals surface area contributed by atoms with Gasteiger partial charge in [0.25, 0.3) is 0 Å². The molecule has 112 valence electrons. The van der Waals surface area contributed by atoms with Crippen molar-refractivity contribution >= 4 is 11.6 Å². The highest BCUT2D eigenvalue weighted by Crippen LogP contribution is 2.26. The van der Waals surface area contributed by atoms with Gasteiger partial charge in [-0.15, -0.1) is 11.6 Å². The van der Waals surface area contributed by atoms with Gasteiger partial charge in [-0.05, 0) is 41.7 Å². The number of rotatable bonds is 6. The van der Waals surface area contributed by atoms with Crippen LogP contribution >= 0.6 is 11.6 Å². The van der Waals surface area contributed by atoms with E-state index in [9.17, 15) is 8.78 Å². The Balaban J connectivity index is 2.02. The third-order valence-electron chi connectivity index (χ3n) is 3.34. The third-order valence-corrected chi connectivity index (χ3v) is 3.74. The molecule has 2 rings (SSSR count). The van der Waals surface area contributed by atoms with Crippen molar-refractivity contribution in [3.05, 3.63) is 70.8 Å². The summed E-state index contributed by atoms with van der Waals surface area (Å²) in [7, 11) is 1.67. The fourth-order valence-corrected chi connectivity index (χ4v) is 2.43. The van der Waals surface area contributed by atoms with E-state index in [0.717, 1.165) is 18.1 Å². The van der Waals surface area contributed by atoms with Gasteiger partial charge in [-0.3, -0.25) is 0 Å². The molecular weight excluding hydrogens is 294 g/mol. The van der Waals surface area contributed by atoms with Crippen molar-refractivity contribution in [1.29, 1.82) is 0 Å². The molecule has 0 saturated heterocycles. The van der Waals surface area contributed by atoms with Crippen LogP contribution in [0, 0.1) is 11.6 Å². The zero-order valence-corrected chi connectivity index (χ0v) is 12.5. The summed E-state index contributed by atoms with van der Waals surface area (Å²) in [4.78, 5) is 0. The van der Waals surface area contributed by atoms with Gasteiger partial charge in [-0.25, -0.2) is 8.78 Å². The monoisotopic (exact) mass is 310 g/mol. The van der Waals surface area contributed by atoms with Crippen molar-refractivity contribution in [2.75, 3.05) is 13.7 Å². The number of alkyl halides is 1. The molecule has 4 heteroatoms. The molecule has 2 aromatic carbocycles. The first kappa shape index (κ1) is 15.9. The first-order chi connectivity index (χ1) is 10.1. The summed E-state index contributed by atoms with van der Waals surface area (Å²) in [5.74, 6) is -1.68. The van der Waals surface area contributed by atoms with Gasteiger partial charge in [0.15, 0.2) is 11.6 Å². The first-order valence-electron chi connectivity index (χ1n) is 6.76. The SMILES string of the molecule is COCCc1ccc(C(Cl)Cc2ccc(F)c(F)c2)cc1. The number of hydrogen-bond acceptors (Lipinski definition) is 1. The largest absolute Gasteiger partial charge is 0.384 e. The van der Waals surface area contributed by atoms with Crippen LogP contribution in [0.25, 0.3) is 0 Å². The number of benzene rings is 2. The van der Waals surface area contributed by atoms with Gasteiger partial charge in [0, 0.05) is 7.11 Å². The minimum atomic E-state index is -0.841. The lowest BCUT2D eigenvalue weighted by Crippen LogP contribution is -1.99. The quantitative estimate of drug-likeness (QED) is 0.704. The van der Waals surface area contributed by atoms with Crippen molar-refractivity contribution in [3.8, 4) is 0 Å². The maximum atomic E-state index is 13.2. The van der Waals surface area contributed by atoms with Crippen LogP contribution in [0.1, 0.15) is 22.1 Å². The lowest BCUT2D eigenvalue weighted by molar-refractivity contribution is 0.202. The summed E-state index contributed by atoms with van der Waals surface area (Å²) < 4.78 is 31.1. The molecule has 0 aromatic heterocycles. The van der Waals surface area contributed by atoms with E-state index in [1.54, 1.807) is 13.2 Å². The number of hydrogen-bond donors (Lipinski definition) is 0. The highest BCUT2D eigenvalue weighted by molar-refractivity contribution is 6.20. The Morgan fingerprint density at radius 2 is 1.67 bits per heavy atom. The van der Waals surface area contributed by atoms with Crippen LogP contribution in [0.2, 0.25) is 0 Å². The number of ether oxygens (including phenoxy) is 1. The minimum Gasteiger partial charge on any atom is -0.384 e. The predicted molar refractivity (Wildman–Crippen MR) is 80.7 cm³/mol. The lowest BCUT2D eigenvalue weighted by atomic mass is 10.0. The average Bonchev–Trinajstić information content (AvgIpc) is 2.49. The highest BCUT2D eigenvalue weighted by Gasteiger charge is 2.11. The van der Waals surface area contributed by atoms with Gasteiger partial charge in [0.05, 0.1) is 12.0 Å². The topological polar surface area (TPSA) is 9.23 Å². The molecule has 0 aliphatic rings. The average molecular weight is 311 g/mol. The Labute approximate surface area is 128 Å². The maximum Gasteiger partial charge on any atom is 0.159 e. The van der Waals surface area contributed by atoms with Crippen LogP contribution in [-0.4, -0.2) is 13.7 Å². The number of methoxy groups -OCH3 is 1. The van der Waals surface area contributed by atoms with Crippen molar-refractivity contribution in [2.45, 2.75) is 18.2 Å². The molecule has 0 heterocycles. The Morgan fingerprint density at radius 1 is 1.00 bits per heavy atom. The molecule has 21 heavy (non-hydrogen) atoms. The molecule has 0 amide bonds. The molecule has 0 N–H and O–H groups in total. The molecule has 0 radical (unpaired) electrons. The van der Waals surface area contributed by atoms with E-state index in [4.69, 9.17) is 16.3 Å². The van der Waals surface area contributed by atoms with E-state index in [2.05, 4.69) is 0 Å². The van der Waals surface area contributed by atoms with Gasteiger partial charge in [0.2, 0.25) is 0 Å². The Kier molecular flexibility index (Phi) is 5.71. The summed E-state index contributed by atoms with van der Waals surface area (Å²) in [5, 5.41) is -0.272. The minimum absolute atomic E-state index is 0.272. The standard InChI is InChI=1S/C17H17ClF2O/c1-21-9-8-12-2-5-14(6-3-12)15(18)10-13-4-7-16(19)17(20)11-13/h2-7,11,15H,8-10H2,1H3. The van der Waals surface area contributed by atoms with E-state index >= 15 is 0 Å². The van der Waals surface area contributed by atoms with Crippen LogP contribution in [0.5, 0.6) is 0 Å². The second-order valence-corrected chi connectivity index (χ2v) is 5.43. The van der Waals surface area contributed by atoms with Crippen LogP contribution in [0.3, 0.4) is 0 Å². The fraction of sp³-hybridized carbons (Fsp3) is 0.294. The number of halogens is 3. The van der Waals surface area contributed by atoms with E-state index < -0.39 is 11.6 Å². The molecule has 1 atom stereocenters. The van der Waals surface area contributed by atoms with Crippen molar-refractivity contribution in [1.82, 2.24) is 0 Å². The second-order valence-electron chi connectivity index (χ2n) is 4.90. The lowest BCUT2D eigenvalue weighted by Gasteiger charge is -2.11. The molecule has 0 fully saturated rings. The maximum absolute atomic E-state index is 13.2. The van der Waals surface area contributed by atoms with Crippen LogP contribution in [-0.2, 0) is 17.6 Å². The molecule has 0 aliphatic heterocycles. The summed E-state index contributed by atoms with van der Waals surface area (Å²) in [5.41, 5.74) is 2.82. The third kappa shape index (κ3) is 4.51. The van der Waals surface area contributed by atoms with Crippen molar-refractivity contribution in [3.63, 3.8) is 0 Å². The fourth-order valence-electron chi connectivity index (χ4n) is 2.10. The zero-order valence-electron chi connectivity index (χ0n) is 11.8. The molecule has 0 bridgehead atoms. The van der Waals surface area contributed by atoms with Crippen LogP contribution < -0.4 is 0 Å². The van der Waals surface area contributed by atoms with Crippen molar-refractivity contribution < 1.29 is 13.5 Å². The van der Waals surface area contributed by atoms with Gasteiger partial charge in [-0.2, -0.15) is 0 Å². The van der Waals surface area contributed by atoms with Gasteiger partial charge in [-0.1, -0.05) is 30.3 Å². The molecule has 0 saturated carbocycles. The van der Waals surface area contributed by atoms with E-state index in [-0.39, 0.29) is 5.38 Å². The molecule has 0 aliphatic carbocycles. The highest BCUT2D eigenvalue weighted by atomic mass is 35.5. The van der Waals surface area contributed by atoms with E-state index in [1.807, 2.05) is 24.3 Å². The second kappa shape index (κ2) is 7.53. The normalized spacial score (nSPS) is 12.4. The summed E-state index contributed by atoms with van der Waals surface area (Å²) in [6.07, 6.45) is 1.31. The smallest absolute Gasteiger partial charge is 0.159 e. The van der Waals surface area contributed by atoms with Crippen LogP contribution in [0.15, 0.2) is 42.5 Å². The molecule has 2 aromatic rings. The van der Waals surface area contributed by atoms with E-state index in [0.29, 0.717) is 18.6 Å². The first-order valence-corrected chi connectivity index (χ1v) is 7.19. The molecular formula is C17H17ClF2O. The summed E-state index contributed by atoms with van der Waals surface area (Å²) >= 11 is 6.35. The molecule has 1 nitrogen and oxygen atoms in total. The Morgan fingerprint density at radius 3 is 2.29 bits per heavy atom. The molecule has 0 spiro atoms. The predicted octanol–water partition coefficient (Wildman–Crippen LogP) is 4.68. The zero-order chi connectivity index (χ0) is 15.2. The van der Waals surface area contributed by atoms with Gasteiger partial charge >= 0.3 is 0 Å².